The summed E-state index contributed by atoms with van der Waals surface area (Å²) in [4.78, 5) is 28.0. The molecule has 1 aliphatic rings. The van der Waals surface area contributed by atoms with Gasteiger partial charge in [-0.3, -0.25) is 14.5 Å². The van der Waals surface area contributed by atoms with Crippen LogP contribution in [-0.4, -0.2) is 54.9 Å². The Hall–Kier alpha value is -2.39. The maximum absolute atomic E-state index is 12.3. The minimum absolute atomic E-state index is 0.0475. The van der Waals surface area contributed by atoms with Gasteiger partial charge in [0.05, 0.1) is 12.6 Å². The van der Waals surface area contributed by atoms with E-state index >= 15 is 0 Å². The SMILES string of the molecule is CC(=O)c1ccc(N2CCN(CC(=O)N[C@@](C)(C#N)C(C)C)CC2)cc1. The molecule has 2 rings (SSSR count). The average Bonchev–Trinajstić information content (AvgIpc) is 2.62. The summed E-state index contributed by atoms with van der Waals surface area (Å²) in [6.45, 7) is 10.7. The lowest BCUT2D eigenvalue weighted by Crippen LogP contribution is -2.54. The fraction of sp³-hybridized carbons (Fsp3) is 0.550. The van der Waals surface area contributed by atoms with E-state index in [0.29, 0.717) is 6.54 Å². The standard InChI is InChI=1S/C20H28N4O2/c1-15(2)20(4,14-21)22-19(26)13-23-9-11-24(12-10-23)18-7-5-17(6-8-18)16(3)25/h5-8,15H,9-13H2,1-4H3,(H,22,26)/t20-/m0/s1. The molecule has 0 aromatic heterocycles. The Bertz CT molecular complexity index is 685. The number of anilines is 1. The molecule has 6 nitrogen and oxygen atoms in total. The number of hydrogen-bond donors (Lipinski definition) is 1. The lowest BCUT2D eigenvalue weighted by Gasteiger charge is -2.36. The zero-order valence-electron chi connectivity index (χ0n) is 16.1. The molecule has 26 heavy (non-hydrogen) atoms. The van der Waals surface area contributed by atoms with Gasteiger partial charge in [-0.15, -0.1) is 0 Å². The highest BCUT2D eigenvalue weighted by Gasteiger charge is 2.30. The first kappa shape index (κ1) is 19.9. The van der Waals surface area contributed by atoms with E-state index in [4.69, 9.17) is 0 Å². The Morgan fingerprint density at radius 1 is 1.19 bits per heavy atom. The molecule has 6 heteroatoms. The number of carbonyl (C=O) groups excluding carboxylic acids is 2. The molecule has 0 spiro atoms. The third kappa shape index (κ3) is 4.83. The molecular formula is C20H28N4O2. The molecule has 1 aliphatic heterocycles. The van der Waals surface area contributed by atoms with Crippen LogP contribution in [0, 0.1) is 17.2 Å². The van der Waals surface area contributed by atoms with Crippen LogP contribution in [0.2, 0.25) is 0 Å². The van der Waals surface area contributed by atoms with E-state index in [2.05, 4.69) is 21.2 Å². The van der Waals surface area contributed by atoms with Gasteiger partial charge in [-0.2, -0.15) is 5.26 Å². The summed E-state index contributed by atoms with van der Waals surface area (Å²) in [5.41, 5.74) is 0.975. The minimum Gasteiger partial charge on any atom is -0.369 e. The number of rotatable bonds is 6. The van der Waals surface area contributed by atoms with Crippen molar-refractivity contribution in [2.75, 3.05) is 37.6 Å². The van der Waals surface area contributed by atoms with E-state index in [1.54, 1.807) is 13.8 Å². The highest BCUT2D eigenvalue weighted by Crippen LogP contribution is 2.18. The van der Waals surface area contributed by atoms with Gasteiger partial charge in [0.15, 0.2) is 5.78 Å². The fourth-order valence-corrected chi connectivity index (χ4v) is 2.90. The number of hydrogen-bond acceptors (Lipinski definition) is 5. The van der Waals surface area contributed by atoms with E-state index in [1.807, 2.05) is 38.1 Å². The second kappa shape index (κ2) is 8.33. The molecule has 1 fully saturated rings. The Balaban J connectivity index is 1.85. The first-order valence-corrected chi connectivity index (χ1v) is 9.05. The fourth-order valence-electron chi connectivity index (χ4n) is 2.90. The predicted octanol–water partition coefficient (Wildman–Crippen LogP) is 2.07. The van der Waals surface area contributed by atoms with Crippen LogP contribution < -0.4 is 10.2 Å². The quantitative estimate of drug-likeness (QED) is 0.790. The summed E-state index contributed by atoms with van der Waals surface area (Å²) in [5.74, 6) is 0.00595. The maximum Gasteiger partial charge on any atom is 0.235 e. The summed E-state index contributed by atoms with van der Waals surface area (Å²) in [7, 11) is 0. The van der Waals surface area contributed by atoms with Gasteiger partial charge >= 0.3 is 0 Å². The molecule has 0 radical (unpaired) electrons. The Morgan fingerprint density at radius 2 is 1.77 bits per heavy atom. The summed E-state index contributed by atoms with van der Waals surface area (Å²) in [6.07, 6.45) is 0. The first-order chi connectivity index (χ1) is 12.2. The highest BCUT2D eigenvalue weighted by molar-refractivity contribution is 5.94. The van der Waals surface area contributed by atoms with Gasteiger partial charge in [-0.1, -0.05) is 13.8 Å². The van der Waals surface area contributed by atoms with Gasteiger partial charge in [0.1, 0.15) is 5.54 Å². The van der Waals surface area contributed by atoms with Crippen molar-refractivity contribution in [2.24, 2.45) is 5.92 Å². The van der Waals surface area contributed by atoms with Crippen molar-refractivity contribution >= 4 is 17.4 Å². The highest BCUT2D eigenvalue weighted by atomic mass is 16.2. The molecule has 0 unspecified atom stereocenters. The number of piperazine rings is 1. The number of nitriles is 1. The van der Waals surface area contributed by atoms with Gasteiger partial charge in [-0.05, 0) is 44.0 Å². The number of benzene rings is 1. The molecule has 1 N–H and O–H groups in total. The number of amides is 1. The van der Waals surface area contributed by atoms with Crippen LogP contribution in [0.15, 0.2) is 24.3 Å². The van der Waals surface area contributed by atoms with Crippen molar-refractivity contribution in [1.82, 2.24) is 10.2 Å². The lowest BCUT2D eigenvalue weighted by atomic mass is 9.90. The summed E-state index contributed by atoms with van der Waals surface area (Å²) < 4.78 is 0. The van der Waals surface area contributed by atoms with Crippen LogP contribution in [0.3, 0.4) is 0 Å². The molecule has 1 aromatic rings. The van der Waals surface area contributed by atoms with Crippen LogP contribution in [0.5, 0.6) is 0 Å². The molecule has 0 aliphatic carbocycles. The Morgan fingerprint density at radius 3 is 2.23 bits per heavy atom. The average molecular weight is 356 g/mol. The molecule has 1 heterocycles. The largest absolute Gasteiger partial charge is 0.369 e. The zero-order chi connectivity index (χ0) is 19.3. The van der Waals surface area contributed by atoms with Crippen molar-refractivity contribution in [3.8, 4) is 6.07 Å². The van der Waals surface area contributed by atoms with Crippen molar-refractivity contribution in [1.29, 1.82) is 5.26 Å². The number of ketones is 1. The summed E-state index contributed by atoms with van der Waals surface area (Å²) >= 11 is 0. The number of carbonyl (C=O) groups is 2. The van der Waals surface area contributed by atoms with Crippen LogP contribution in [-0.2, 0) is 4.79 Å². The third-order valence-electron chi connectivity index (χ3n) is 5.16. The summed E-state index contributed by atoms with van der Waals surface area (Å²) in [6, 6.07) is 9.86. The normalized spacial score (nSPS) is 17.5. The topological polar surface area (TPSA) is 76.4 Å². The molecule has 140 valence electrons. The van der Waals surface area contributed by atoms with Gasteiger partial charge in [0.2, 0.25) is 5.91 Å². The van der Waals surface area contributed by atoms with Crippen LogP contribution in [0.4, 0.5) is 5.69 Å². The predicted molar refractivity (Wildman–Crippen MR) is 102 cm³/mol. The van der Waals surface area contributed by atoms with Gasteiger partial charge in [-0.25, -0.2) is 0 Å². The van der Waals surface area contributed by atoms with E-state index in [9.17, 15) is 14.9 Å². The number of nitrogens with one attached hydrogen (secondary N) is 1. The van der Waals surface area contributed by atoms with Crippen molar-refractivity contribution < 1.29 is 9.59 Å². The zero-order valence-corrected chi connectivity index (χ0v) is 16.1. The molecule has 1 aromatic carbocycles. The molecule has 1 amide bonds. The Labute approximate surface area is 155 Å². The second-order valence-corrected chi connectivity index (χ2v) is 7.38. The smallest absolute Gasteiger partial charge is 0.235 e. The van der Waals surface area contributed by atoms with Crippen molar-refractivity contribution in [2.45, 2.75) is 33.2 Å². The lowest BCUT2D eigenvalue weighted by molar-refractivity contribution is -0.124. The van der Waals surface area contributed by atoms with E-state index in [0.717, 1.165) is 37.4 Å². The molecule has 1 atom stereocenters. The monoisotopic (exact) mass is 356 g/mol. The third-order valence-corrected chi connectivity index (χ3v) is 5.16. The van der Waals surface area contributed by atoms with Crippen LogP contribution in [0.1, 0.15) is 38.1 Å². The number of Topliss-reactive ketones (excluding diaryl/α,β-unsaturated/α-hetero) is 1. The second-order valence-electron chi connectivity index (χ2n) is 7.38. The van der Waals surface area contributed by atoms with Crippen LogP contribution >= 0.6 is 0 Å². The van der Waals surface area contributed by atoms with Gasteiger partial charge < -0.3 is 10.2 Å². The molecule has 1 saturated heterocycles. The molecule has 0 saturated carbocycles. The first-order valence-electron chi connectivity index (χ1n) is 9.05. The minimum atomic E-state index is -0.836. The summed E-state index contributed by atoms with van der Waals surface area (Å²) in [5, 5.41) is 12.2. The maximum atomic E-state index is 12.3. The molecular weight excluding hydrogens is 328 g/mol. The van der Waals surface area contributed by atoms with E-state index in [-0.39, 0.29) is 17.6 Å². The number of nitrogens with zero attached hydrogens (tertiary/aromatic N) is 3. The van der Waals surface area contributed by atoms with Crippen LogP contribution in [0.25, 0.3) is 0 Å². The van der Waals surface area contributed by atoms with Crippen molar-refractivity contribution in [3.05, 3.63) is 29.8 Å². The van der Waals surface area contributed by atoms with Crippen molar-refractivity contribution in [3.63, 3.8) is 0 Å². The van der Waals surface area contributed by atoms with E-state index in [1.165, 1.54) is 0 Å². The van der Waals surface area contributed by atoms with E-state index < -0.39 is 5.54 Å². The van der Waals surface area contributed by atoms with Gasteiger partial charge in [0.25, 0.3) is 0 Å². The Kier molecular flexibility index (Phi) is 6.38. The van der Waals surface area contributed by atoms with Gasteiger partial charge in [0, 0.05) is 37.4 Å². The molecule has 0 bridgehead atoms.